The van der Waals surface area contributed by atoms with Crippen LogP contribution in [0.15, 0.2) is 66.9 Å². The Morgan fingerprint density at radius 3 is 2.41 bits per heavy atom. The predicted molar refractivity (Wildman–Crippen MR) is 116 cm³/mol. The van der Waals surface area contributed by atoms with Crippen LogP contribution in [-0.2, 0) is 4.79 Å². The molecule has 0 unspecified atom stereocenters. The Bertz CT molecular complexity index is 1030. The Morgan fingerprint density at radius 2 is 1.72 bits per heavy atom. The molecule has 1 aromatic heterocycles. The summed E-state index contributed by atoms with van der Waals surface area (Å²) in [6.07, 6.45) is 4.96. The molecule has 0 radical (unpaired) electrons. The summed E-state index contributed by atoms with van der Waals surface area (Å²) >= 11 is 0. The van der Waals surface area contributed by atoms with Crippen molar-refractivity contribution in [1.82, 2.24) is 9.88 Å². The first kappa shape index (κ1) is 19.2. The monoisotopic (exact) mass is 387 g/mol. The molecule has 2 N–H and O–H groups in total. The van der Waals surface area contributed by atoms with Crippen LogP contribution in [0.3, 0.4) is 0 Å². The molecule has 0 spiro atoms. The average Bonchev–Trinajstić information content (AvgIpc) is 2.77. The molecule has 7 heteroatoms. The van der Waals surface area contributed by atoms with Gasteiger partial charge in [0.15, 0.2) is 0 Å². The lowest BCUT2D eigenvalue weighted by Gasteiger charge is -2.35. The van der Waals surface area contributed by atoms with Crippen LogP contribution in [0.1, 0.15) is 5.56 Å². The summed E-state index contributed by atoms with van der Waals surface area (Å²) in [4.78, 5) is 20.8. The zero-order valence-electron chi connectivity index (χ0n) is 16.0. The molecule has 3 aromatic rings. The zero-order chi connectivity index (χ0) is 20.2. The number of fused-ring (bicyclic) bond motifs is 1. The molecule has 0 atom stereocenters. The molecule has 1 saturated heterocycles. The third-order valence-electron chi connectivity index (χ3n) is 5.18. The van der Waals surface area contributed by atoms with Crippen LogP contribution in [0.2, 0.25) is 0 Å². The van der Waals surface area contributed by atoms with Crippen molar-refractivity contribution >= 4 is 41.2 Å². The Morgan fingerprint density at radius 1 is 0.966 bits per heavy atom. The average molecular weight is 387 g/mol. The van der Waals surface area contributed by atoms with Crippen molar-refractivity contribution in [3.05, 3.63) is 72.4 Å². The summed E-state index contributed by atoms with van der Waals surface area (Å²) in [5.74, 6) is 0.776. The summed E-state index contributed by atoms with van der Waals surface area (Å²) in [7, 11) is -1.51. The predicted octanol–water partition coefficient (Wildman–Crippen LogP) is 1.28. The van der Waals surface area contributed by atoms with Gasteiger partial charge in [0.25, 0.3) is 0 Å². The molecule has 29 heavy (non-hydrogen) atoms. The van der Waals surface area contributed by atoms with Gasteiger partial charge in [-0.15, -0.1) is 0 Å². The van der Waals surface area contributed by atoms with Gasteiger partial charge in [0, 0.05) is 43.9 Å². The van der Waals surface area contributed by atoms with Crippen molar-refractivity contribution in [1.29, 1.82) is 0 Å². The number of amides is 1. The second-order valence-corrected chi connectivity index (χ2v) is 7.08. The van der Waals surface area contributed by atoms with Gasteiger partial charge >= 0.3 is 7.12 Å². The van der Waals surface area contributed by atoms with Crippen LogP contribution in [0, 0.1) is 0 Å². The maximum absolute atomic E-state index is 12.5. The van der Waals surface area contributed by atoms with Gasteiger partial charge in [-0.2, -0.15) is 0 Å². The van der Waals surface area contributed by atoms with E-state index in [1.807, 2.05) is 29.2 Å². The van der Waals surface area contributed by atoms with Crippen molar-refractivity contribution in [3.8, 4) is 0 Å². The highest BCUT2D eigenvalue weighted by Gasteiger charge is 2.21. The van der Waals surface area contributed by atoms with Gasteiger partial charge in [-0.3, -0.25) is 4.79 Å². The SMILES string of the molecule is O=C(/C=C/c1ccc2ccccc2c1)N1CCN(c2ccc(B(O)O)cn2)CC1. The fourth-order valence-electron chi connectivity index (χ4n) is 3.48. The maximum atomic E-state index is 12.5. The first-order valence-electron chi connectivity index (χ1n) is 9.63. The molecule has 2 aromatic carbocycles. The van der Waals surface area contributed by atoms with Crippen LogP contribution in [0.4, 0.5) is 5.82 Å². The number of benzene rings is 2. The van der Waals surface area contributed by atoms with Crippen molar-refractivity contribution < 1.29 is 14.8 Å². The topological polar surface area (TPSA) is 76.9 Å². The quantitative estimate of drug-likeness (QED) is 0.521. The molecule has 6 nitrogen and oxygen atoms in total. The van der Waals surface area contributed by atoms with E-state index in [0.29, 0.717) is 31.6 Å². The number of aromatic nitrogens is 1. The first-order valence-corrected chi connectivity index (χ1v) is 9.63. The second kappa shape index (κ2) is 8.47. The minimum absolute atomic E-state index is 0.00418. The Hall–Kier alpha value is -3.16. The third-order valence-corrected chi connectivity index (χ3v) is 5.18. The van der Waals surface area contributed by atoms with Crippen LogP contribution >= 0.6 is 0 Å². The fourth-order valence-corrected chi connectivity index (χ4v) is 3.48. The summed E-state index contributed by atoms with van der Waals surface area (Å²) in [5, 5.41) is 20.7. The number of pyridine rings is 1. The Balaban J connectivity index is 1.35. The number of nitrogens with zero attached hydrogens (tertiary/aromatic N) is 3. The molecule has 146 valence electrons. The van der Waals surface area contributed by atoms with E-state index in [4.69, 9.17) is 10.0 Å². The molecule has 1 aliphatic heterocycles. The van der Waals surface area contributed by atoms with E-state index < -0.39 is 7.12 Å². The number of carbonyl (C=O) groups excluding carboxylic acids is 1. The van der Waals surface area contributed by atoms with Crippen LogP contribution in [0.5, 0.6) is 0 Å². The van der Waals surface area contributed by atoms with Crippen LogP contribution in [-0.4, -0.2) is 59.1 Å². The summed E-state index contributed by atoms with van der Waals surface area (Å²) in [6, 6.07) is 17.7. The standard InChI is InChI=1S/C22H22BN3O3/c27-22(10-6-17-5-7-18-3-1-2-4-19(18)15-17)26-13-11-25(12-14-26)21-9-8-20(16-24-21)23(28)29/h1-10,15-16,28-29H,11-14H2/b10-6+. The van der Waals surface area contributed by atoms with E-state index in [1.165, 1.54) is 11.6 Å². The molecular formula is C22H22BN3O3. The Kier molecular flexibility index (Phi) is 5.60. The normalized spacial score (nSPS) is 14.6. The molecule has 0 aliphatic carbocycles. The summed E-state index contributed by atoms with van der Waals surface area (Å²) in [5.41, 5.74) is 1.37. The lowest BCUT2D eigenvalue weighted by molar-refractivity contribution is -0.126. The zero-order valence-corrected chi connectivity index (χ0v) is 16.0. The summed E-state index contributed by atoms with van der Waals surface area (Å²) in [6.45, 7) is 2.60. The van der Waals surface area contributed by atoms with Gasteiger partial charge in [-0.25, -0.2) is 4.98 Å². The lowest BCUT2D eigenvalue weighted by Crippen LogP contribution is -2.48. The maximum Gasteiger partial charge on any atom is 0.490 e. The lowest BCUT2D eigenvalue weighted by atomic mass is 9.82. The van der Waals surface area contributed by atoms with E-state index >= 15 is 0 Å². The highest BCUT2D eigenvalue weighted by Crippen LogP contribution is 2.17. The van der Waals surface area contributed by atoms with Gasteiger partial charge in [-0.05, 0) is 34.5 Å². The van der Waals surface area contributed by atoms with Crippen LogP contribution in [0.25, 0.3) is 16.8 Å². The molecule has 2 heterocycles. The molecule has 1 aliphatic rings. The molecule has 0 saturated carbocycles. The minimum Gasteiger partial charge on any atom is -0.423 e. The van der Waals surface area contributed by atoms with E-state index in [9.17, 15) is 4.79 Å². The van der Waals surface area contributed by atoms with E-state index in [0.717, 1.165) is 16.8 Å². The van der Waals surface area contributed by atoms with Crippen molar-refractivity contribution in [2.24, 2.45) is 0 Å². The number of piperazine rings is 1. The molecule has 0 bridgehead atoms. The smallest absolute Gasteiger partial charge is 0.423 e. The molecule has 1 amide bonds. The summed E-state index contributed by atoms with van der Waals surface area (Å²) < 4.78 is 0. The highest BCUT2D eigenvalue weighted by molar-refractivity contribution is 6.58. The van der Waals surface area contributed by atoms with Gasteiger partial charge < -0.3 is 19.8 Å². The number of hydrogen-bond acceptors (Lipinski definition) is 5. The van der Waals surface area contributed by atoms with Gasteiger partial charge in [0.1, 0.15) is 5.82 Å². The molecular weight excluding hydrogens is 365 g/mol. The van der Waals surface area contributed by atoms with E-state index in [1.54, 1.807) is 18.2 Å². The minimum atomic E-state index is -1.51. The van der Waals surface area contributed by atoms with Crippen molar-refractivity contribution in [2.75, 3.05) is 31.1 Å². The van der Waals surface area contributed by atoms with Gasteiger partial charge in [0.05, 0.1) is 0 Å². The largest absolute Gasteiger partial charge is 0.490 e. The molecule has 1 fully saturated rings. The van der Waals surface area contributed by atoms with Crippen molar-refractivity contribution in [2.45, 2.75) is 0 Å². The van der Waals surface area contributed by atoms with E-state index in [-0.39, 0.29) is 5.91 Å². The first-order chi connectivity index (χ1) is 14.1. The fraction of sp³-hybridized carbons (Fsp3) is 0.182. The number of anilines is 1. The van der Waals surface area contributed by atoms with Crippen LogP contribution < -0.4 is 10.4 Å². The highest BCUT2D eigenvalue weighted by atomic mass is 16.4. The third kappa shape index (κ3) is 4.47. The number of rotatable bonds is 4. The van der Waals surface area contributed by atoms with Gasteiger partial charge in [0.2, 0.25) is 5.91 Å². The second-order valence-electron chi connectivity index (χ2n) is 7.08. The van der Waals surface area contributed by atoms with Gasteiger partial charge in [-0.1, -0.05) is 42.5 Å². The Labute approximate surface area is 169 Å². The van der Waals surface area contributed by atoms with E-state index in [2.05, 4.69) is 34.1 Å². The van der Waals surface area contributed by atoms with Crippen molar-refractivity contribution in [3.63, 3.8) is 0 Å². The number of hydrogen-bond donors (Lipinski definition) is 2. The molecule has 4 rings (SSSR count). The number of carbonyl (C=O) groups is 1.